The highest BCUT2D eigenvalue weighted by Gasteiger charge is 2.07. The maximum Gasteiger partial charge on any atom is 0.134 e. The third kappa shape index (κ3) is 6.87. The van der Waals surface area contributed by atoms with Gasteiger partial charge in [-0.3, -0.25) is 0 Å². The number of fused-ring (bicyclic) bond motifs is 1. The molecule has 36 heavy (non-hydrogen) atoms. The van der Waals surface area contributed by atoms with E-state index in [0.717, 1.165) is 52.5 Å². The molecule has 4 aromatic carbocycles. The zero-order valence-electron chi connectivity index (χ0n) is 21.3. The molecule has 180 valence electrons. The van der Waals surface area contributed by atoms with E-state index in [1.807, 2.05) is 54.6 Å². The molecule has 0 fully saturated rings. The van der Waals surface area contributed by atoms with Crippen LogP contribution in [0.4, 0.5) is 4.39 Å². The molecule has 0 bridgehead atoms. The normalized spacial score (nSPS) is 10.4. The van der Waals surface area contributed by atoms with Crippen LogP contribution in [0.5, 0.6) is 0 Å². The largest absolute Gasteiger partial charge is 0.206 e. The zero-order valence-corrected chi connectivity index (χ0v) is 21.3. The lowest BCUT2D eigenvalue weighted by molar-refractivity contribution is 0.595. The molecule has 0 aliphatic carbocycles. The summed E-state index contributed by atoms with van der Waals surface area (Å²) >= 11 is 0. The summed E-state index contributed by atoms with van der Waals surface area (Å²) in [6.45, 7) is 4.36. The number of unbranched alkanes of at least 4 members (excludes halogenated alkanes) is 4. The van der Waals surface area contributed by atoms with Gasteiger partial charge in [0.25, 0.3) is 0 Å². The number of halogens is 1. The summed E-state index contributed by atoms with van der Waals surface area (Å²) in [6.07, 6.45) is 7.77. The summed E-state index contributed by atoms with van der Waals surface area (Å²) < 4.78 is 15.0. The van der Waals surface area contributed by atoms with Crippen LogP contribution in [0.2, 0.25) is 0 Å². The molecule has 0 heterocycles. The molecule has 4 rings (SSSR count). The van der Waals surface area contributed by atoms with Crippen LogP contribution in [0.1, 0.15) is 79.3 Å². The van der Waals surface area contributed by atoms with Crippen molar-refractivity contribution in [1.29, 1.82) is 0 Å². The first kappa shape index (κ1) is 25.3. The smallest absolute Gasteiger partial charge is 0.134 e. The number of rotatable bonds is 7. The summed E-state index contributed by atoms with van der Waals surface area (Å²) in [5, 5.41) is 1.57. The molecular weight excluding hydrogens is 439 g/mol. The zero-order chi connectivity index (χ0) is 25.2. The monoisotopic (exact) mass is 472 g/mol. The molecule has 0 radical (unpaired) electrons. The standard InChI is InChI=1S/C35H33F/c1-3-5-6-7-8-9-32-23-24-33-26-31(22-25-34(33)35(32)36)21-20-30-18-16-29(17-19-30)15-14-28-12-10-27(4-2)11-13-28/h10-13,16-19,22-26H,3-9H2,1-2H3. The van der Waals surface area contributed by atoms with Crippen molar-refractivity contribution < 1.29 is 4.39 Å². The minimum absolute atomic E-state index is 0.0829. The van der Waals surface area contributed by atoms with Crippen LogP contribution in [-0.2, 0) is 12.8 Å². The van der Waals surface area contributed by atoms with E-state index in [-0.39, 0.29) is 5.82 Å². The van der Waals surface area contributed by atoms with E-state index in [2.05, 4.69) is 61.8 Å². The van der Waals surface area contributed by atoms with Gasteiger partial charge in [-0.2, -0.15) is 0 Å². The molecule has 4 aromatic rings. The van der Waals surface area contributed by atoms with Gasteiger partial charge in [0, 0.05) is 27.6 Å². The van der Waals surface area contributed by atoms with E-state index in [1.165, 1.54) is 31.2 Å². The molecule has 0 nitrogen and oxygen atoms in total. The lowest BCUT2D eigenvalue weighted by Gasteiger charge is -2.07. The molecule has 0 aromatic heterocycles. The molecule has 0 unspecified atom stereocenters. The van der Waals surface area contributed by atoms with Crippen molar-refractivity contribution in [3.05, 3.63) is 118 Å². The van der Waals surface area contributed by atoms with E-state index in [0.29, 0.717) is 5.39 Å². The van der Waals surface area contributed by atoms with Crippen LogP contribution in [0.3, 0.4) is 0 Å². The van der Waals surface area contributed by atoms with Crippen LogP contribution in [0.25, 0.3) is 10.8 Å². The highest BCUT2D eigenvalue weighted by molar-refractivity contribution is 5.85. The highest BCUT2D eigenvalue weighted by atomic mass is 19.1. The van der Waals surface area contributed by atoms with Crippen LogP contribution in [0, 0.1) is 29.5 Å². The SMILES string of the molecule is CCCCCCCc1ccc2cc(C#Cc3ccc(C#Cc4ccc(CC)cc4)cc3)ccc2c1F. The van der Waals surface area contributed by atoms with Gasteiger partial charge in [0.15, 0.2) is 0 Å². The molecule has 0 saturated heterocycles. The molecule has 0 atom stereocenters. The summed E-state index contributed by atoms with van der Waals surface area (Å²) in [5.74, 6) is 12.8. The average Bonchev–Trinajstić information content (AvgIpc) is 2.92. The Kier molecular flexibility index (Phi) is 8.97. The van der Waals surface area contributed by atoms with Crippen molar-refractivity contribution in [1.82, 2.24) is 0 Å². The first-order chi connectivity index (χ1) is 17.7. The van der Waals surface area contributed by atoms with Crippen LogP contribution in [-0.4, -0.2) is 0 Å². The lowest BCUT2D eigenvalue weighted by Crippen LogP contribution is -1.93. The molecule has 1 heteroatoms. The average molecular weight is 473 g/mol. The Hall–Kier alpha value is -3.81. The van der Waals surface area contributed by atoms with Gasteiger partial charge < -0.3 is 0 Å². The Morgan fingerprint density at radius 3 is 1.75 bits per heavy atom. The van der Waals surface area contributed by atoms with Crippen molar-refractivity contribution >= 4 is 10.8 Å². The van der Waals surface area contributed by atoms with Crippen LogP contribution >= 0.6 is 0 Å². The maximum absolute atomic E-state index is 15.0. The van der Waals surface area contributed by atoms with E-state index in [1.54, 1.807) is 0 Å². The number of aryl methyl sites for hydroxylation is 2. The van der Waals surface area contributed by atoms with Gasteiger partial charge >= 0.3 is 0 Å². The molecule has 0 aliphatic heterocycles. The fourth-order valence-electron chi connectivity index (χ4n) is 4.28. The number of hydrogen-bond acceptors (Lipinski definition) is 0. The summed E-state index contributed by atoms with van der Waals surface area (Å²) in [7, 11) is 0. The highest BCUT2D eigenvalue weighted by Crippen LogP contribution is 2.24. The Balaban J connectivity index is 1.41. The predicted octanol–water partition coefficient (Wildman–Crippen LogP) is 8.85. The minimum atomic E-state index is -0.0829. The first-order valence-corrected chi connectivity index (χ1v) is 13.1. The van der Waals surface area contributed by atoms with Crippen molar-refractivity contribution in [3.63, 3.8) is 0 Å². The number of benzene rings is 4. The van der Waals surface area contributed by atoms with Gasteiger partial charge in [-0.15, -0.1) is 0 Å². The Labute approximate surface area is 215 Å². The fourth-order valence-corrected chi connectivity index (χ4v) is 4.28. The van der Waals surface area contributed by atoms with Gasteiger partial charge in [0.2, 0.25) is 0 Å². The molecule has 0 amide bonds. The van der Waals surface area contributed by atoms with Gasteiger partial charge in [-0.05, 0) is 84.3 Å². The lowest BCUT2D eigenvalue weighted by atomic mass is 9.99. The van der Waals surface area contributed by atoms with Crippen molar-refractivity contribution in [2.24, 2.45) is 0 Å². The first-order valence-electron chi connectivity index (χ1n) is 13.1. The molecule has 0 saturated carbocycles. The Morgan fingerprint density at radius 2 is 1.14 bits per heavy atom. The molecule has 0 aliphatic rings. The van der Waals surface area contributed by atoms with Crippen molar-refractivity contribution in [2.75, 3.05) is 0 Å². The molecule has 0 spiro atoms. The maximum atomic E-state index is 15.0. The van der Waals surface area contributed by atoms with Crippen molar-refractivity contribution in [3.8, 4) is 23.7 Å². The van der Waals surface area contributed by atoms with Gasteiger partial charge in [-0.1, -0.05) is 93.5 Å². The Bertz CT molecular complexity index is 1420. The quantitative estimate of drug-likeness (QED) is 0.186. The third-order valence-corrected chi connectivity index (χ3v) is 6.53. The second-order valence-electron chi connectivity index (χ2n) is 9.27. The van der Waals surface area contributed by atoms with Crippen LogP contribution < -0.4 is 0 Å². The Morgan fingerprint density at radius 1 is 0.583 bits per heavy atom. The van der Waals surface area contributed by atoms with Crippen LogP contribution in [0.15, 0.2) is 78.9 Å². The topological polar surface area (TPSA) is 0 Å². The fraction of sp³-hybridized carbons (Fsp3) is 0.257. The van der Waals surface area contributed by atoms with E-state index in [9.17, 15) is 0 Å². The van der Waals surface area contributed by atoms with E-state index >= 15 is 4.39 Å². The summed E-state index contributed by atoms with van der Waals surface area (Å²) in [5.41, 5.74) is 5.92. The summed E-state index contributed by atoms with van der Waals surface area (Å²) in [6, 6.07) is 26.1. The van der Waals surface area contributed by atoms with E-state index in [4.69, 9.17) is 0 Å². The van der Waals surface area contributed by atoms with Gasteiger partial charge in [0.05, 0.1) is 0 Å². The second kappa shape index (κ2) is 12.8. The van der Waals surface area contributed by atoms with Crippen molar-refractivity contribution in [2.45, 2.75) is 58.8 Å². The predicted molar refractivity (Wildman–Crippen MR) is 151 cm³/mol. The second-order valence-corrected chi connectivity index (χ2v) is 9.27. The third-order valence-electron chi connectivity index (χ3n) is 6.53. The molecule has 0 N–H and O–H groups in total. The number of hydrogen-bond donors (Lipinski definition) is 0. The van der Waals surface area contributed by atoms with Gasteiger partial charge in [0.1, 0.15) is 5.82 Å². The minimum Gasteiger partial charge on any atom is -0.206 e. The molecular formula is C35H33F. The van der Waals surface area contributed by atoms with Gasteiger partial charge in [-0.25, -0.2) is 4.39 Å². The van der Waals surface area contributed by atoms with E-state index < -0.39 is 0 Å². The summed E-state index contributed by atoms with van der Waals surface area (Å²) in [4.78, 5) is 0.